The predicted molar refractivity (Wildman–Crippen MR) is 32.7 cm³/mol. The third kappa shape index (κ3) is 6.61. The number of hydrogen-bond acceptors (Lipinski definition) is 2. The summed E-state index contributed by atoms with van der Waals surface area (Å²) in [5.74, 6) is 0. The molecule has 52 valence electrons. The predicted octanol–water partition coefficient (Wildman–Crippen LogP) is -2.02. The molecule has 0 aromatic heterocycles. The molecule has 0 unspecified atom stereocenters. The topological polar surface area (TPSA) is 94.8 Å². The van der Waals surface area contributed by atoms with Gasteiger partial charge in [-0.05, 0) is 9.97 Å². The van der Waals surface area contributed by atoms with E-state index in [1.807, 2.05) is 0 Å². The Morgan fingerprint density at radius 3 is 1.62 bits per heavy atom. The van der Waals surface area contributed by atoms with Crippen LogP contribution in [-0.4, -0.2) is 23.1 Å². The molecule has 0 radical (unpaired) electrons. The highest BCUT2D eigenvalue weighted by molar-refractivity contribution is 8.63. The number of hydrogen-bond donors (Lipinski definition) is 5. The van der Waals surface area contributed by atoms with Crippen LogP contribution in [0.5, 0.6) is 0 Å². The van der Waals surface area contributed by atoms with Crippen molar-refractivity contribution in [2.24, 2.45) is 0 Å². The molecule has 0 aliphatic heterocycles. The van der Waals surface area contributed by atoms with Gasteiger partial charge in [0.15, 0.2) is 9.74 Å². The molecule has 0 saturated heterocycles. The third-order valence-corrected chi connectivity index (χ3v) is 5.21. The molecule has 0 bridgehead atoms. The summed E-state index contributed by atoms with van der Waals surface area (Å²) < 4.78 is 19.2. The molecule has 0 heterocycles. The average molecular weight is 180 g/mol. The fourth-order valence-electron chi connectivity index (χ4n) is 0.0980. The first-order chi connectivity index (χ1) is 3.42. The Kier molecular flexibility index (Phi) is 3.18. The maximum atomic E-state index is 9.59. The van der Waals surface area contributed by atoms with Crippen LogP contribution in [-0.2, 0) is 19.7 Å². The van der Waals surface area contributed by atoms with Crippen LogP contribution in [0.3, 0.4) is 0 Å². The van der Waals surface area contributed by atoms with Crippen LogP contribution in [0.15, 0.2) is 0 Å². The summed E-state index contributed by atoms with van der Waals surface area (Å²) in [7, 11) is -3.63. The lowest BCUT2D eigenvalue weighted by Crippen LogP contribution is -1.77. The van der Waals surface area contributed by atoms with Crippen molar-refractivity contribution in [3.63, 3.8) is 0 Å². The highest BCUT2D eigenvalue weighted by atomic mass is 33.2. The van der Waals surface area contributed by atoms with E-state index >= 15 is 0 Å². The van der Waals surface area contributed by atoms with Gasteiger partial charge in [0.25, 0.3) is 6.72 Å². The maximum absolute atomic E-state index is 9.59. The van der Waals surface area contributed by atoms with Crippen LogP contribution in [0.4, 0.5) is 0 Å². The largest absolute Gasteiger partial charge is 0.328 e. The van der Waals surface area contributed by atoms with E-state index in [1.165, 1.54) is 0 Å². The fourth-order valence-corrected chi connectivity index (χ4v) is 2.65. The van der Waals surface area contributed by atoms with Crippen LogP contribution in [0, 0.1) is 0 Å². The van der Waals surface area contributed by atoms with E-state index < -0.39 is 26.4 Å². The van der Waals surface area contributed by atoms with Crippen LogP contribution in [0.1, 0.15) is 0 Å². The Morgan fingerprint density at radius 2 is 1.62 bits per heavy atom. The van der Waals surface area contributed by atoms with Crippen molar-refractivity contribution < 1.29 is 23.1 Å². The zero-order valence-corrected chi connectivity index (χ0v) is 6.18. The Labute approximate surface area is 50.2 Å². The van der Waals surface area contributed by atoms with Gasteiger partial charge in [0, 0.05) is 0 Å². The minimum atomic E-state index is -4.10. The van der Waals surface area contributed by atoms with Gasteiger partial charge in [0.1, 0.15) is 0 Å². The Balaban J connectivity index is 4.42. The SMILES string of the molecule is O=[SH](=O)[SH]=P(O)(O)O. The molecule has 3 N–H and O–H groups in total. The molecule has 0 aromatic carbocycles. The summed E-state index contributed by atoms with van der Waals surface area (Å²) in [4.78, 5) is 24.0. The molecule has 0 fully saturated rings. The Morgan fingerprint density at radius 1 is 1.25 bits per heavy atom. The molecule has 8 heavy (non-hydrogen) atoms. The fraction of sp³-hybridized carbons (Fsp3) is 0. The van der Waals surface area contributed by atoms with Gasteiger partial charge in [0.05, 0.1) is 0 Å². The summed E-state index contributed by atoms with van der Waals surface area (Å²) in [6.45, 7) is -4.10. The van der Waals surface area contributed by atoms with E-state index in [0.717, 1.165) is 0 Å². The van der Waals surface area contributed by atoms with Crippen molar-refractivity contribution >= 4 is 26.4 Å². The van der Waals surface area contributed by atoms with Gasteiger partial charge in [-0.3, -0.25) is 0 Å². The highest BCUT2D eigenvalue weighted by Crippen LogP contribution is 2.30. The second kappa shape index (κ2) is 2.95. The summed E-state index contributed by atoms with van der Waals surface area (Å²) >= 11 is 0. The Bertz CT molecular complexity index is 166. The lowest BCUT2D eigenvalue weighted by atomic mass is 15.8. The second-order valence-electron chi connectivity index (χ2n) is 0.864. The lowest BCUT2D eigenvalue weighted by Gasteiger charge is -1.95. The minimum Gasteiger partial charge on any atom is -0.328 e. The molecule has 0 saturated carbocycles. The molecule has 0 aliphatic carbocycles. The maximum Gasteiger partial charge on any atom is 0.288 e. The standard InChI is InChI=1S/H5O5PS2/c1-6(2,3)7-8(4)5/h1-3,7-8H. The molecule has 0 amide bonds. The zero-order chi connectivity index (χ0) is 6.78. The summed E-state index contributed by atoms with van der Waals surface area (Å²) in [6.07, 6.45) is 0. The van der Waals surface area contributed by atoms with Crippen molar-refractivity contribution in [3.8, 4) is 0 Å². The minimum absolute atomic E-state index is 0.714. The van der Waals surface area contributed by atoms with Crippen LogP contribution >= 0.6 is 6.72 Å². The number of rotatable bonds is 1. The zero-order valence-electron chi connectivity index (χ0n) is 3.50. The quantitative estimate of drug-likeness (QED) is 0.182. The van der Waals surface area contributed by atoms with Crippen molar-refractivity contribution in [1.82, 2.24) is 0 Å². The molecule has 5 nitrogen and oxygen atoms in total. The average Bonchev–Trinajstić information content (AvgIpc) is 1.21. The van der Waals surface area contributed by atoms with E-state index in [2.05, 4.69) is 0 Å². The lowest BCUT2D eigenvalue weighted by molar-refractivity contribution is 0.363. The molecule has 0 aliphatic rings. The first-order valence-corrected chi connectivity index (χ1v) is 6.50. The van der Waals surface area contributed by atoms with Gasteiger partial charge in [-0.25, -0.2) is 8.42 Å². The van der Waals surface area contributed by atoms with E-state index in [-0.39, 0.29) is 0 Å². The summed E-state index contributed by atoms with van der Waals surface area (Å²) in [6, 6.07) is 0. The molecule has 8 heteroatoms. The Hall–Kier alpha value is 0.610. The van der Waals surface area contributed by atoms with Gasteiger partial charge in [-0.15, -0.1) is 0 Å². The first-order valence-electron chi connectivity index (χ1n) is 1.37. The highest BCUT2D eigenvalue weighted by Gasteiger charge is 1.99. The monoisotopic (exact) mass is 180 g/mol. The van der Waals surface area contributed by atoms with Gasteiger partial charge in [-0.2, -0.15) is 0 Å². The van der Waals surface area contributed by atoms with Crippen LogP contribution < -0.4 is 0 Å². The van der Waals surface area contributed by atoms with E-state index in [1.54, 1.807) is 0 Å². The van der Waals surface area contributed by atoms with Crippen molar-refractivity contribution in [2.45, 2.75) is 0 Å². The van der Waals surface area contributed by atoms with Crippen LogP contribution in [0.25, 0.3) is 0 Å². The molecule has 0 spiro atoms. The van der Waals surface area contributed by atoms with E-state index in [9.17, 15) is 8.42 Å². The first kappa shape index (κ1) is 8.61. The van der Waals surface area contributed by atoms with Crippen molar-refractivity contribution in [3.05, 3.63) is 0 Å². The van der Waals surface area contributed by atoms with Gasteiger partial charge >= 0.3 is 0 Å². The molecular formula is H5O5PS2. The third-order valence-electron chi connectivity index (χ3n) is 0.193. The second-order valence-corrected chi connectivity index (χ2v) is 7.33. The number of thiol groups is 2. The van der Waals surface area contributed by atoms with Crippen molar-refractivity contribution in [2.75, 3.05) is 0 Å². The van der Waals surface area contributed by atoms with Crippen molar-refractivity contribution in [1.29, 1.82) is 0 Å². The van der Waals surface area contributed by atoms with E-state index in [4.69, 9.17) is 14.7 Å². The van der Waals surface area contributed by atoms with Gasteiger partial charge in [0.2, 0.25) is 0 Å². The summed E-state index contributed by atoms with van der Waals surface area (Å²) in [5, 5.41) is 0. The smallest absolute Gasteiger partial charge is 0.288 e. The molecule has 0 rings (SSSR count). The normalized spacial score (nSPS) is 12.5. The molecular weight excluding hydrogens is 175 g/mol. The summed E-state index contributed by atoms with van der Waals surface area (Å²) in [5.41, 5.74) is 0. The molecule has 0 atom stereocenters. The van der Waals surface area contributed by atoms with Crippen LogP contribution in [0.2, 0.25) is 0 Å². The molecule has 0 aromatic rings. The van der Waals surface area contributed by atoms with Gasteiger partial charge in [-0.1, -0.05) is 0 Å². The van der Waals surface area contributed by atoms with Gasteiger partial charge < -0.3 is 14.7 Å². The van der Waals surface area contributed by atoms with E-state index in [0.29, 0.717) is 0 Å².